The first kappa shape index (κ1) is 28.2. The van der Waals surface area contributed by atoms with Crippen LogP contribution in [0.2, 0.25) is 0 Å². The molecule has 0 saturated heterocycles. The summed E-state index contributed by atoms with van der Waals surface area (Å²) in [6.45, 7) is 4.90. The van der Waals surface area contributed by atoms with Crippen molar-refractivity contribution in [3.05, 3.63) is 70.2 Å². The van der Waals surface area contributed by atoms with Gasteiger partial charge in [-0.25, -0.2) is 4.79 Å². The number of aryl methyl sites for hydroxylation is 1. The second-order valence-electron chi connectivity index (χ2n) is 10.6. The highest BCUT2D eigenvalue weighted by Crippen LogP contribution is 2.49. The Hall–Kier alpha value is -2.83. The summed E-state index contributed by atoms with van der Waals surface area (Å²) < 4.78 is 42.5. The molecule has 0 atom stereocenters. The molecule has 4 nitrogen and oxygen atoms in total. The summed E-state index contributed by atoms with van der Waals surface area (Å²) in [6.07, 6.45) is 7.70. The first-order valence-corrected chi connectivity index (χ1v) is 14.1. The number of aromatic nitrogens is 1. The van der Waals surface area contributed by atoms with Crippen molar-refractivity contribution in [1.29, 1.82) is 0 Å². The Morgan fingerprint density at radius 2 is 1.87 bits per heavy atom. The highest BCUT2D eigenvalue weighted by atomic mass is 19.4. The lowest BCUT2D eigenvalue weighted by atomic mass is 9.69. The van der Waals surface area contributed by atoms with E-state index in [1.807, 2.05) is 18.3 Å². The molecular weight excluding hydrogens is 489 g/mol. The Morgan fingerprint density at radius 1 is 1.08 bits per heavy atom. The van der Waals surface area contributed by atoms with Crippen LogP contribution in [-0.4, -0.2) is 30.3 Å². The van der Waals surface area contributed by atoms with Crippen molar-refractivity contribution in [2.45, 2.75) is 95.6 Å². The van der Waals surface area contributed by atoms with E-state index in [9.17, 15) is 18.0 Å². The lowest BCUT2D eigenvalue weighted by Crippen LogP contribution is -2.24. The fourth-order valence-corrected chi connectivity index (χ4v) is 5.09. The molecule has 0 aliphatic heterocycles. The smallest absolute Gasteiger partial charge is 0.389 e. The molecule has 0 unspecified atom stereocenters. The number of nitrogens with one attached hydrogen (secondary N) is 1. The second-order valence-corrected chi connectivity index (χ2v) is 10.6. The van der Waals surface area contributed by atoms with E-state index in [4.69, 9.17) is 9.72 Å². The van der Waals surface area contributed by atoms with E-state index in [1.54, 1.807) is 6.20 Å². The largest absolute Gasteiger partial charge is 0.462 e. The molecule has 1 aromatic carbocycles. The van der Waals surface area contributed by atoms with E-state index in [-0.39, 0.29) is 24.9 Å². The molecule has 2 saturated carbocycles. The molecular formula is C31H39F3N2O2. The molecule has 7 heteroatoms. The Balaban J connectivity index is 1.40. The van der Waals surface area contributed by atoms with Gasteiger partial charge in [-0.2, -0.15) is 13.2 Å². The van der Waals surface area contributed by atoms with Crippen LogP contribution in [0.1, 0.15) is 121 Å². The molecule has 206 valence electrons. The maximum absolute atomic E-state index is 12.9. The van der Waals surface area contributed by atoms with Gasteiger partial charge in [0.25, 0.3) is 0 Å². The maximum atomic E-state index is 12.9. The monoisotopic (exact) mass is 528 g/mol. The van der Waals surface area contributed by atoms with E-state index in [2.05, 4.69) is 37.4 Å². The number of ether oxygens (including phenoxy) is 1. The number of nitrogens with zero attached hydrogens (tertiary/aromatic N) is 1. The van der Waals surface area contributed by atoms with Crippen molar-refractivity contribution in [3.63, 3.8) is 0 Å². The number of halogens is 3. The molecule has 2 aliphatic carbocycles. The average molecular weight is 529 g/mol. The van der Waals surface area contributed by atoms with Crippen LogP contribution in [0.15, 0.2) is 36.7 Å². The number of unbranched alkanes of at least 4 members (excludes halogenated alkanes) is 1. The third kappa shape index (κ3) is 7.61. The van der Waals surface area contributed by atoms with Gasteiger partial charge in [0.2, 0.25) is 0 Å². The molecule has 1 aromatic heterocycles. The lowest BCUT2D eigenvalue weighted by molar-refractivity contribution is -0.135. The van der Waals surface area contributed by atoms with Crippen LogP contribution in [0.4, 0.5) is 13.2 Å². The summed E-state index contributed by atoms with van der Waals surface area (Å²) in [6, 6.07) is 8.53. The highest BCUT2D eigenvalue weighted by Gasteiger charge is 2.36. The van der Waals surface area contributed by atoms with Crippen LogP contribution in [0, 0.1) is 0 Å². The van der Waals surface area contributed by atoms with Crippen molar-refractivity contribution in [1.82, 2.24) is 10.3 Å². The Morgan fingerprint density at radius 3 is 2.55 bits per heavy atom. The van der Waals surface area contributed by atoms with Gasteiger partial charge < -0.3 is 10.1 Å². The van der Waals surface area contributed by atoms with E-state index in [0.29, 0.717) is 24.0 Å². The van der Waals surface area contributed by atoms with Crippen LogP contribution in [0.3, 0.4) is 0 Å². The summed E-state index contributed by atoms with van der Waals surface area (Å²) >= 11 is 0. The maximum Gasteiger partial charge on any atom is 0.389 e. The quantitative estimate of drug-likeness (QED) is 0.211. The fraction of sp³-hybridized carbons (Fsp3) is 0.548. The van der Waals surface area contributed by atoms with E-state index >= 15 is 0 Å². The van der Waals surface area contributed by atoms with Crippen molar-refractivity contribution >= 4 is 12.0 Å². The Bertz CT molecular complexity index is 1120. The number of alkyl halides is 3. The predicted octanol–water partition coefficient (Wildman–Crippen LogP) is 8.04. The van der Waals surface area contributed by atoms with E-state index in [1.165, 1.54) is 11.1 Å². The summed E-state index contributed by atoms with van der Waals surface area (Å²) in [5.74, 6) is 0.874. The average Bonchev–Trinajstić information content (AvgIpc) is 3.70. The third-order valence-corrected chi connectivity index (χ3v) is 7.65. The molecule has 2 aromatic rings. The van der Waals surface area contributed by atoms with Crippen LogP contribution in [0.25, 0.3) is 6.08 Å². The molecule has 0 radical (unpaired) electrons. The van der Waals surface area contributed by atoms with Gasteiger partial charge in [0, 0.05) is 25.1 Å². The zero-order valence-corrected chi connectivity index (χ0v) is 22.4. The molecule has 2 aliphatic rings. The first-order chi connectivity index (χ1) is 18.3. The van der Waals surface area contributed by atoms with E-state index in [0.717, 1.165) is 61.8 Å². The minimum atomic E-state index is -4.11. The molecule has 0 spiro atoms. The number of hydrogen-bond acceptors (Lipinski definition) is 4. The molecule has 0 bridgehead atoms. The number of rotatable bonds is 13. The lowest BCUT2D eigenvalue weighted by Gasteiger charge is -2.36. The normalized spacial score (nSPS) is 19.4. The number of benzene rings is 1. The van der Waals surface area contributed by atoms with Crippen molar-refractivity contribution < 1.29 is 22.7 Å². The SMILES string of the molecule is CCCCOC(=O)c1cc(C2CC2)cnc1C1CC(c2ccc(CC)c(/C=C\NCCCC(F)(F)F)c2)C1. The summed E-state index contributed by atoms with van der Waals surface area (Å²) in [7, 11) is 0. The van der Waals surface area contributed by atoms with Gasteiger partial charge in [-0.3, -0.25) is 4.98 Å². The van der Waals surface area contributed by atoms with Crippen molar-refractivity contribution in [2.75, 3.05) is 13.2 Å². The summed E-state index contributed by atoms with van der Waals surface area (Å²) in [5, 5.41) is 2.98. The first-order valence-electron chi connectivity index (χ1n) is 14.1. The number of esters is 1. The van der Waals surface area contributed by atoms with E-state index < -0.39 is 12.6 Å². The van der Waals surface area contributed by atoms with Crippen molar-refractivity contribution in [2.24, 2.45) is 0 Å². The standard InChI is InChI=1S/C31H39F3N2O2/c1-3-5-15-38-30(37)28-19-27(22-8-9-22)20-36-29(28)26-17-25(18-26)23-10-7-21(4-2)24(16-23)11-14-35-13-6-12-31(32,33)34/h7,10-11,14,16,19-20,22,25-26,35H,3-6,8-9,12-13,15,17-18H2,1-2H3/b14-11-. The third-order valence-electron chi connectivity index (χ3n) is 7.65. The van der Waals surface area contributed by atoms with Gasteiger partial charge in [-0.05, 0) is 97.4 Å². The number of carbonyl (C=O) groups excluding carboxylic acids is 1. The zero-order chi connectivity index (χ0) is 27.1. The minimum absolute atomic E-state index is 0.0573. The van der Waals surface area contributed by atoms with Crippen LogP contribution in [0.5, 0.6) is 0 Å². The number of hydrogen-bond donors (Lipinski definition) is 1. The molecule has 0 amide bonds. The minimum Gasteiger partial charge on any atom is -0.462 e. The molecule has 2 fully saturated rings. The molecule has 1 heterocycles. The summed E-state index contributed by atoms with van der Waals surface area (Å²) in [5.41, 5.74) is 6.18. The Labute approximate surface area is 224 Å². The number of pyridine rings is 1. The molecule has 4 rings (SSSR count). The van der Waals surface area contributed by atoms with Gasteiger partial charge in [0.15, 0.2) is 0 Å². The highest BCUT2D eigenvalue weighted by molar-refractivity contribution is 5.91. The fourth-order valence-electron chi connectivity index (χ4n) is 5.09. The Kier molecular flexibility index (Phi) is 9.50. The summed E-state index contributed by atoms with van der Waals surface area (Å²) in [4.78, 5) is 17.7. The van der Waals surface area contributed by atoms with Gasteiger partial charge in [0.05, 0.1) is 17.9 Å². The van der Waals surface area contributed by atoms with Gasteiger partial charge in [0.1, 0.15) is 0 Å². The van der Waals surface area contributed by atoms with Gasteiger partial charge in [-0.15, -0.1) is 0 Å². The topological polar surface area (TPSA) is 51.2 Å². The number of carbonyl (C=O) groups is 1. The molecule has 1 N–H and O–H groups in total. The molecule has 38 heavy (non-hydrogen) atoms. The predicted molar refractivity (Wildman–Crippen MR) is 144 cm³/mol. The van der Waals surface area contributed by atoms with Crippen LogP contribution < -0.4 is 5.32 Å². The second kappa shape index (κ2) is 12.8. The van der Waals surface area contributed by atoms with Gasteiger partial charge >= 0.3 is 12.1 Å². The zero-order valence-electron chi connectivity index (χ0n) is 22.4. The van der Waals surface area contributed by atoms with Gasteiger partial charge in [-0.1, -0.05) is 38.5 Å². The van der Waals surface area contributed by atoms with Crippen molar-refractivity contribution in [3.8, 4) is 0 Å². The van der Waals surface area contributed by atoms with Crippen LogP contribution >= 0.6 is 0 Å². The van der Waals surface area contributed by atoms with Crippen LogP contribution in [-0.2, 0) is 11.2 Å².